The Morgan fingerprint density at radius 1 is 1.07 bits per heavy atom. The zero-order chi connectivity index (χ0) is 11.2. The summed E-state index contributed by atoms with van der Waals surface area (Å²) >= 11 is 0. The van der Waals surface area contributed by atoms with Gasteiger partial charge in [0, 0.05) is 0 Å². The highest BCUT2D eigenvalue weighted by molar-refractivity contribution is 4.83. The van der Waals surface area contributed by atoms with E-state index in [0.29, 0.717) is 25.2 Å². The Hall–Kier alpha value is -0.0800. The Kier molecular flexibility index (Phi) is 6.38. The molecule has 0 rings (SSSR count). The average Bonchev–Trinajstić information content (AvgIpc) is 2.23. The molecule has 0 aliphatic carbocycles. The Morgan fingerprint density at radius 3 is 1.93 bits per heavy atom. The molecule has 0 heterocycles. The highest BCUT2D eigenvalue weighted by Crippen LogP contribution is 2.24. The molecule has 14 heavy (non-hydrogen) atoms. The van der Waals surface area contributed by atoms with Gasteiger partial charge in [0.05, 0.1) is 11.7 Å². The standard InChI is InChI=1S/C12H26O2/c1-5-10(4)8-9-11(13)12(14,6-2)7-3/h10-11,13-14H,5-9H2,1-4H3. The third-order valence-corrected chi connectivity index (χ3v) is 3.47. The average molecular weight is 202 g/mol. The molecule has 0 aromatic heterocycles. The number of aliphatic hydroxyl groups is 2. The maximum Gasteiger partial charge on any atom is 0.0900 e. The lowest BCUT2D eigenvalue weighted by molar-refractivity contribution is -0.0845. The van der Waals surface area contributed by atoms with Crippen LogP contribution in [0, 0.1) is 5.92 Å². The maximum atomic E-state index is 10.0. The summed E-state index contributed by atoms with van der Waals surface area (Å²) in [5.74, 6) is 0.641. The quantitative estimate of drug-likeness (QED) is 0.666. The minimum absolute atomic E-state index is 0.563. The maximum absolute atomic E-state index is 10.0. The molecule has 0 spiro atoms. The minimum Gasteiger partial charge on any atom is -0.390 e. The predicted molar refractivity (Wildman–Crippen MR) is 60.2 cm³/mol. The van der Waals surface area contributed by atoms with Crippen LogP contribution in [-0.2, 0) is 0 Å². The van der Waals surface area contributed by atoms with Gasteiger partial charge < -0.3 is 10.2 Å². The smallest absolute Gasteiger partial charge is 0.0900 e. The van der Waals surface area contributed by atoms with Crippen LogP contribution in [0.25, 0.3) is 0 Å². The normalized spacial score (nSPS) is 16.7. The van der Waals surface area contributed by atoms with Crippen molar-refractivity contribution < 1.29 is 10.2 Å². The second-order valence-corrected chi connectivity index (χ2v) is 4.42. The number of aliphatic hydroxyl groups excluding tert-OH is 1. The molecule has 2 unspecified atom stereocenters. The summed E-state index contributed by atoms with van der Waals surface area (Å²) in [5.41, 5.74) is -0.868. The molecule has 0 saturated carbocycles. The van der Waals surface area contributed by atoms with Crippen molar-refractivity contribution in [3.05, 3.63) is 0 Å². The zero-order valence-electron chi connectivity index (χ0n) is 10.1. The Bertz CT molecular complexity index is 141. The van der Waals surface area contributed by atoms with E-state index in [1.54, 1.807) is 0 Å². The van der Waals surface area contributed by atoms with E-state index in [0.717, 1.165) is 12.8 Å². The van der Waals surface area contributed by atoms with Crippen LogP contribution in [0.1, 0.15) is 59.8 Å². The van der Waals surface area contributed by atoms with Crippen molar-refractivity contribution in [2.45, 2.75) is 71.5 Å². The van der Waals surface area contributed by atoms with E-state index in [1.165, 1.54) is 0 Å². The first-order chi connectivity index (χ1) is 6.50. The van der Waals surface area contributed by atoms with Crippen molar-refractivity contribution in [2.75, 3.05) is 0 Å². The third kappa shape index (κ3) is 3.97. The third-order valence-electron chi connectivity index (χ3n) is 3.47. The van der Waals surface area contributed by atoms with Crippen molar-refractivity contribution in [1.29, 1.82) is 0 Å². The van der Waals surface area contributed by atoms with Gasteiger partial charge in [-0.15, -0.1) is 0 Å². The van der Waals surface area contributed by atoms with Crippen molar-refractivity contribution >= 4 is 0 Å². The fraction of sp³-hybridized carbons (Fsp3) is 1.00. The molecule has 0 aliphatic heterocycles. The van der Waals surface area contributed by atoms with E-state index in [1.807, 2.05) is 13.8 Å². The lowest BCUT2D eigenvalue weighted by Gasteiger charge is -2.31. The predicted octanol–water partition coefficient (Wildman–Crippen LogP) is 2.72. The molecular formula is C12H26O2. The number of rotatable bonds is 7. The van der Waals surface area contributed by atoms with Crippen LogP contribution < -0.4 is 0 Å². The molecule has 0 radical (unpaired) electrons. The highest BCUT2D eigenvalue weighted by Gasteiger charge is 2.31. The van der Waals surface area contributed by atoms with Crippen molar-refractivity contribution in [2.24, 2.45) is 5.92 Å². The molecule has 0 aromatic rings. The molecule has 2 nitrogen and oxygen atoms in total. The first kappa shape index (κ1) is 13.9. The molecule has 2 N–H and O–H groups in total. The van der Waals surface area contributed by atoms with Crippen LogP contribution in [0.2, 0.25) is 0 Å². The Morgan fingerprint density at radius 2 is 1.57 bits per heavy atom. The van der Waals surface area contributed by atoms with Crippen molar-refractivity contribution in [3.63, 3.8) is 0 Å². The van der Waals surface area contributed by atoms with Gasteiger partial charge in [-0.25, -0.2) is 0 Å². The summed E-state index contributed by atoms with van der Waals surface area (Å²) in [7, 11) is 0. The SMILES string of the molecule is CCC(C)CCC(O)C(O)(CC)CC. The Labute approximate surface area is 88.3 Å². The van der Waals surface area contributed by atoms with E-state index < -0.39 is 11.7 Å². The van der Waals surface area contributed by atoms with Crippen LogP contribution in [0.5, 0.6) is 0 Å². The molecule has 2 heteroatoms. The largest absolute Gasteiger partial charge is 0.390 e. The van der Waals surface area contributed by atoms with Gasteiger partial charge in [-0.2, -0.15) is 0 Å². The number of hydrogen-bond donors (Lipinski definition) is 2. The van der Waals surface area contributed by atoms with Gasteiger partial charge in [0.2, 0.25) is 0 Å². The van der Waals surface area contributed by atoms with Crippen LogP contribution in [0.3, 0.4) is 0 Å². The van der Waals surface area contributed by atoms with Crippen LogP contribution in [0.15, 0.2) is 0 Å². The summed E-state index contributed by atoms with van der Waals surface area (Å²) in [6.45, 7) is 8.19. The molecule has 0 fully saturated rings. The van der Waals surface area contributed by atoms with E-state index in [2.05, 4.69) is 13.8 Å². The van der Waals surface area contributed by atoms with Gasteiger partial charge in [0.15, 0.2) is 0 Å². The fourth-order valence-corrected chi connectivity index (χ4v) is 1.64. The van der Waals surface area contributed by atoms with Gasteiger partial charge in [-0.05, 0) is 31.6 Å². The second kappa shape index (κ2) is 6.41. The first-order valence-electron chi connectivity index (χ1n) is 5.90. The topological polar surface area (TPSA) is 40.5 Å². The molecule has 86 valence electrons. The Balaban J connectivity index is 3.99. The summed E-state index contributed by atoms with van der Waals surface area (Å²) < 4.78 is 0. The summed E-state index contributed by atoms with van der Waals surface area (Å²) in [5, 5.41) is 19.9. The summed E-state index contributed by atoms with van der Waals surface area (Å²) in [4.78, 5) is 0. The van der Waals surface area contributed by atoms with Crippen molar-refractivity contribution in [3.8, 4) is 0 Å². The molecular weight excluding hydrogens is 176 g/mol. The van der Waals surface area contributed by atoms with Gasteiger partial charge >= 0.3 is 0 Å². The summed E-state index contributed by atoms with van der Waals surface area (Å²) in [6.07, 6.45) is 3.55. The highest BCUT2D eigenvalue weighted by atomic mass is 16.3. The van der Waals surface area contributed by atoms with E-state index >= 15 is 0 Å². The second-order valence-electron chi connectivity index (χ2n) is 4.42. The van der Waals surface area contributed by atoms with Gasteiger partial charge in [0.25, 0.3) is 0 Å². The van der Waals surface area contributed by atoms with Gasteiger partial charge in [-0.3, -0.25) is 0 Å². The van der Waals surface area contributed by atoms with E-state index in [4.69, 9.17) is 0 Å². The number of hydrogen-bond acceptors (Lipinski definition) is 2. The van der Waals surface area contributed by atoms with Gasteiger partial charge in [-0.1, -0.05) is 34.1 Å². The lowest BCUT2D eigenvalue weighted by atomic mass is 9.86. The molecule has 0 saturated heterocycles. The van der Waals surface area contributed by atoms with Crippen LogP contribution in [-0.4, -0.2) is 21.9 Å². The minimum atomic E-state index is -0.868. The molecule has 0 aliphatic rings. The summed E-state index contributed by atoms with van der Waals surface area (Å²) in [6, 6.07) is 0. The molecule has 0 amide bonds. The zero-order valence-corrected chi connectivity index (χ0v) is 10.1. The molecule has 0 aromatic carbocycles. The monoisotopic (exact) mass is 202 g/mol. The van der Waals surface area contributed by atoms with E-state index in [-0.39, 0.29) is 0 Å². The fourth-order valence-electron chi connectivity index (χ4n) is 1.64. The molecule has 2 atom stereocenters. The van der Waals surface area contributed by atoms with Crippen molar-refractivity contribution in [1.82, 2.24) is 0 Å². The van der Waals surface area contributed by atoms with E-state index in [9.17, 15) is 10.2 Å². The molecule has 0 bridgehead atoms. The van der Waals surface area contributed by atoms with Crippen LogP contribution >= 0.6 is 0 Å². The lowest BCUT2D eigenvalue weighted by Crippen LogP contribution is -2.41. The van der Waals surface area contributed by atoms with Gasteiger partial charge in [0.1, 0.15) is 0 Å². The van der Waals surface area contributed by atoms with Crippen LogP contribution in [0.4, 0.5) is 0 Å². The first-order valence-corrected chi connectivity index (χ1v) is 5.90.